The van der Waals surface area contributed by atoms with Crippen molar-refractivity contribution in [2.24, 2.45) is 12.0 Å². The van der Waals surface area contributed by atoms with Gasteiger partial charge < -0.3 is 24.7 Å². The van der Waals surface area contributed by atoms with Crippen molar-refractivity contribution in [3.63, 3.8) is 0 Å². The van der Waals surface area contributed by atoms with Gasteiger partial charge in [-0.3, -0.25) is 0 Å². The topological polar surface area (TPSA) is 85.6 Å². The van der Waals surface area contributed by atoms with E-state index in [0.29, 0.717) is 24.8 Å². The summed E-state index contributed by atoms with van der Waals surface area (Å²) in [5, 5.41) is 15.3. The lowest BCUT2D eigenvalue weighted by Crippen LogP contribution is -2.46. The molecule has 0 radical (unpaired) electrons. The molecule has 8 nitrogen and oxygen atoms in total. The van der Waals surface area contributed by atoms with Gasteiger partial charge in [0.05, 0.1) is 12.2 Å². The van der Waals surface area contributed by atoms with Crippen LogP contribution in [0.15, 0.2) is 4.99 Å². The highest BCUT2D eigenvalue weighted by Gasteiger charge is 2.23. The molecule has 1 aromatic rings. The third-order valence-electron chi connectivity index (χ3n) is 4.86. The van der Waals surface area contributed by atoms with Crippen molar-refractivity contribution in [1.82, 2.24) is 25.4 Å². The molecule has 0 aliphatic heterocycles. The fourth-order valence-electron chi connectivity index (χ4n) is 3.24. The van der Waals surface area contributed by atoms with Crippen molar-refractivity contribution in [3.8, 4) is 0 Å². The molecular weight excluding hydrogens is 344 g/mol. The number of aryl methyl sites for hydroxylation is 1. The maximum absolute atomic E-state index is 5.95. The van der Waals surface area contributed by atoms with Crippen LogP contribution in [0.25, 0.3) is 0 Å². The third-order valence-corrected chi connectivity index (χ3v) is 4.86. The summed E-state index contributed by atoms with van der Waals surface area (Å²) in [5.74, 6) is 2.59. The Kier molecular flexibility index (Phi) is 9.00. The Balaban J connectivity index is 1.89. The molecule has 1 heterocycles. The predicted molar refractivity (Wildman–Crippen MR) is 107 cm³/mol. The zero-order chi connectivity index (χ0) is 19.6. The minimum absolute atomic E-state index is 0.300. The van der Waals surface area contributed by atoms with E-state index in [0.717, 1.165) is 62.9 Å². The van der Waals surface area contributed by atoms with E-state index in [1.807, 2.05) is 18.5 Å². The summed E-state index contributed by atoms with van der Waals surface area (Å²) in [4.78, 5) is 4.73. The van der Waals surface area contributed by atoms with E-state index in [1.165, 1.54) is 0 Å². The minimum Gasteiger partial charge on any atom is -0.385 e. The number of aromatic nitrogens is 3. The van der Waals surface area contributed by atoms with Gasteiger partial charge in [0, 0.05) is 33.4 Å². The molecule has 0 aromatic carbocycles. The van der Waals surface area contributed by atoms with Crippen molar-refractivity contribution in [2.75, 3.05) is 20.3 Å². The SMILES string of the molecule is COCCCNC(=NCc1nnc(C)n1C)NC1CCC(OC(C)C)CC1. The summed E-state index contributed by atoms with van der Waals surface area (Å²) >= 11 is 0. The van der Waals surface area contributed by atoms with Crippen LogP contribution >= 0.6 is 0 Å². The van der Waals surface area contributed by atoms with Gasteiger partial charge in [-0.05, 0) is 52.9 Å². The zero-order valence-corrected chi connectivity index (χ0v) is 17.5. The summed E-state index contributed by atoms with van der Waals surface area (Å²) in [6.07, 6.45) is 6.01. The highest BCUT2D eigenvalue weighted by atomic mass is 16.5. The number of guanidine groups is 1. The van der Waals surface area contributed by atoms with Crippen molar-refractivity contribution < 1.29 is 9.47 Å². The minimum atomic E-state index is 0.300. The van der Waals surface area contributed by atoms with E-state index in [1.54, 1.807) is 7.11 Å². The first-order chi connectivity index (χ1) is 13.0. The molecule has 1 aliphatic rings. The van der Waals surface area contributed by atoms with Gasteiger partial charge in [-0.25, -0.2) is 4.99 Å². The number of nitrogens with one attached hydrogen (secondary N) is 2. The van der Waals surface area contributed by atoms with Gasteiger partial charge in [-0.15, -0.1) is 10.2 Å². The normalized spacial score (nSPS) is 20.9. The first kappa shape index (κ1) is 21.6. The molecule has 154 valence electrons. The first-order valence-corrected chi connectivity index (χ1v) is 10.0. The second-order valence-corrected chi connectivity index (χ2v) is 7.46. The predicted octanol–water partition coefficient (Wildman–Crippen LogP) is 1.93. The second-order valence-electron chi connectivity index (χ2n) is 7.46. The summed E-state index contributed by atoms with van der Waals surface area (Å²) in [6, 6.07) is 0.423. The Labute approximate surface area is 163 Å². The van der Waals surface area contributed by atoms with Gasteiger partial charge in [0.1, 0.15) is 12.4 Å². The summed E-state index contributed by atoms with van der Waals surface area (Å²) in [5.41, 5.74) is 0. The van der Waals surface area contributed by atoms with Crippen molar-refractivity contribution in [1.29, 1.82) is 0 Å². The molecule has 1 saturated carbocycles. The Bertz CT molecular complexity index is 579. The molecule has 1 aliphatic carbocycles. The number of aliphatic imine (C=N–C) groups is 1. The average molecular weight is 381 g/mol. The Morgan fingerprint density at radius 3 is 2.59 bits per heavy atom. The standard InChI is InChI=1S/C19H36N6O2/c1-14(2)27-17-9-7-16(8-10-17)22-19(20-11-6-12-26-5)21-13-18-24-23-15(3)25(18)4/h14,16-17H,6-13H2,1-5H3,(H2,20,21,22). The van der Waals surface area contributed by atoms with E-state index < -0.39 is 0 Å². The van der Waals surface area contributed by atoms with Crippen LogP contribution in [0.4, 0.5) is 0 Å². The molecule has 2 N–H and O–H groups in total. The quantitative estimate of drug-likeness (QED) is 0.387. The Morgan fingerprint density at radius 1 is 1.26 bits per heavy atom. The van der Waals surface area contributed by atoms with Crippen molar-refractivity contribution in [3.05, 3.63) is 11.6 Å². The van der Waals surface area contributed by atoms with Crippen molar-refractivity contribution >= 4 is 5.96 Å². The molecule has 0 unspecified atom stereocenters. The molecule has 2 rings (SSSR count). The largest absolute Gasteiger partial charge is 0.385 e. The summed E-state index contributed by atoms with van der Waals surface area (Å²) < 4.78 is 13.1. The smallest absolute Gasteiger partial charge is 0.191 e. The number of nitrogens with zero attached hydrogens (tertiary/aromatic N) is 4. The van der Waals surface area contributed by atoms with Crippen molar-refractivity contribution in [2.45, 2.75) is 77.7 Å². The number of hydrogen-bond donors (Lipinski definition) is 2. The van der Waals surface area contributed by atoms with E-state index in [4.69, 9.17) is 14.5 Å². The zero-order valence-electron chi connectivity index (χ0n) is 17.5. The third kappa shape index (κ3) is 7.46. The van der Waals surface area contributed by atoms with Gasteiger partial charge in [0.15, 0.2) is 11.8 Å². The average Bonchev–Trinajstić information content (AvgIpc) is 2.96. The fourth-order valence-corrected chi connectivity index (χ4v) is 3.24. The monoisotopic (exact) mass is 380 g/mol. The molecule has 0 atom stereocenters. The number of rotatable bonds is 9. The summed E-state index contributed by atoms with van der Waals surface area (Å²) in [6.45, 7) is 8.22. The fraction of sp³-hybridized carbons (Fsp3) is 0.842. The summed E-state index contributed by atoms with van der Waals surface area (Å²) in [7, 11) is 3.69. The van der Waals surface area contributed by atoms with Crippen LogP contribution in [0.2, 0.25) is 0 Å². The highest BCUT2D eigenvalue weighted by Crippen LogP contribution is 2.22. The molecule has 0 spiro atoms. The Morgan fingerprint density at radius 2 is 2.00 bits per heavy atom. The van der Waals surface area contributed by atoms with Gasteiger partial charge >= 0.3 is 0 Å². The molecule has 27 heavy (non-hydrogen) atoms. The molecule has 0 saturated heterocycles. The maximum Gasteiger partial charge on any atom is 0.191 e. The van der Waals surface area contributed by atoms with Crippen LogP contribution in [0.1, 0.15) is 57.6 Å². The maximum atomic E-state index is 5.95. The first-order valence-electron chi connectivity index (χ1n) is 10.0. The molecule has 0 bridgehead atoms. The van der Waals surface area contributed by atoms with E-state index in [-0.39, 0.29) is 0 Å². The van der Waals surface area contributed by atoms with Gasteiger partial charge in [-0.2, -0.15) is 0 Å². The number of hydrogen-bond acceptors (Lipinski definition) is 5. The molecule has 8 heteroatoms. The highest BCUT2D eigenvalue weighted by molar-refractivity contribution is 5.80. The van der Waals surface area contributed by atoms with E-state index >= 15 is 0 Å². The lowest BCUT2D eigenvalue weighted by Gasteiger charge is -2.31. The number of methoxy groups -OCH3 is 1. The molecule has 0 amide bonds. The molecular formula is C19H36N6O2. The van der Waals surface area contributed by atoms with Crippen LogP contribution < -0.4 is 10.6 Å². The van der Waals surface area contributed by atoms with Gasteiger partial charge in [0.2, 0.25) is 0 Å². The van der Waals surface area contributed by atoms with Gasteiger partial charge in [-0.1, -0.05) is 0 Å². The van der Waals surface area contributed by atoms with E-state index in [9.17, 15) is 0 Å². The lowest BCUT2D eigenvalue weighted by molar-refractivity contribution is -0.0152. The molecule has 1 fully saturated rings. The van der Waals surface area contributed by atoms with Gasteiger partial charge in [0.25, 0.3) is 0 Å². The number of ether oxygens (including phenoxy) is 2. The van der Waals surface area contributed by atoms with Crippen LogP contribution in [0.5, 0.6) is 0 Å². The lowest BCUT2D eigenvalue weighted by atomic mass is 9.93. The molecule has 1 aromatic heterocycles. The second kappa shape index (κ2) is 11.2. The van der Waals surface area contributed by atoms with Crippen LogP contribution in [-0.2, 0) is 23.1 Å². The van der Waals surface area contributed by atoms with Crippen LogP contribution in [0.3, 0.4) is 0 Å². The van der Waals surface area contributed by atoms with Crippen LogP contribution in [-0.4, -0.2) is 59.2 Å². The van der Waals surface area contributed by atoms with E-state index in [2.05, 4.69) is 34.7 Å². The Hall–Kier alpha value is -1.67. The van der Waals surface area contributed by atoms with Crippen LogP contribution in [0, 0.1) is 6.92 Å².